The minimum Gasteiger partial charge on any atom is -0.271 e. The van der Waals surface area contributed by atoms with Crippen LogP contribution < -0.4 is 11.2 Å². The summed E-state index contributed by atoms with van der Waals surface area (Å²) in [6.45, 7) is -1.03. The molecule has 106 valence electrons. The second-order valence-corrected chi connectivity index (χ2v) is 3.65. The highest BCUT2D eigenvalue weighted by Gasteiger charge is 2.26. The topological polar surface area (TPSA) is 67.8 Å². The fourth-order valence-electron chi connectivity index (χ4n) is 1.43. The van der Waals surface area contributed by atoms with Gasteiger partial charge in [0.1, 0.15) is 6.20 Å². The van der Waals surface area contributed by atoms with E-state index in [1.165, 1.54) is 0 Å². The molecule has 0 radical (unpaired) electrons. The van der Waals surface area contributed by atoms with Crippen LogP contribution >= 0.6 is 0 Å². The molecule has 2 aromatic rings. The first-order valence-electron chi connectivity index (χ1n) is 4.99. The zero-order valence-corrected chi connectivity index (χ0v) is 9.39. The monoisotopic (exact) mass is 293 g/mol. The van der Waals surface area contributed by atoms with Crippen LogP contribution in [-0.2, 0) is 6.54 Å². The average molecular weight is 293 g/mol. The maximum absolute atomic E-state index is 13.4. The summed E-state index contributed by atoms with van der Waals surface area (Å²) in [5, 5.41) is 3.23. The zero-order valence-electron chi connectivity index (χ0n) is 9.39. The van der Waals surface area contributed by atoms with Crippen LogP contribution in [0, 0.1) is 29.1 Å². The summed E-state index contributed by atoms with van der Waals surface area (Å²) in [5.41, 5.74) is -3.26. The van der Waals surface area contributed by atoms with Crippen molar-refractivity contribution in [3.63, 3.8) is 0 Å². The minimum absolute atomic E-state index is 0.347. The Bertz CT molecular complexity index is 769. The zero-order chi connectivity index (χ0) is 15.0. The van der Waals surface area contributed by atoms with E-state index < -0.39 is 52.4 Å². The molecule has 10 heteroatoms. The number of benzene rings is 1. The molecule has 20 heavy (non-hydrogen) atoms. The smallest absolute Gasteiger partial charge is 0.271 e. The van der Waals surface area contributed by atoms with Crippen molar-refractivity contribution in [3.8, 4) is 0 Å². The molecule has 0 spiro atoms. The highest BCUT2D eigenvalue weighted by molar-refractivity contribution is 5.24. The number of nitrogens with one attached hydrogen (secondary N) is 1. The minimum atomic E-state index is -2.30. The summed E-state index contributed by atoms with van der Waals surface area (Å²) in [6, 6.07) is 0. The van der Waals surface area contributed by atoms with E-state index in [1.807, 2.05) is 0 Å². The third-order valence-electron chi connectivity index (χ3n) is 2.39. The molecule has 0 aliphatic rings. The van der Waals surface area contributed by atoms with Crippen molar-refractivity contribution in [1.82, 2.24) is 14.8 Å². The lowest BCUT2D eigenvalue weighted by atomic mass is 10.1. The molecule has 1 aromatic heterocycles. The number of halogens is 5. The van der Waals surface area contributed by atoms with Crippen molar-refractivity contribution >= 4 is 0 Å². The third kappa shape index (κ3) is 2.19. The summed E-state index contributed by atoms with van der Waals surface area (Å²) in [7, 11) is 0. The van der Waals surface area contributed by atoms with Gasteiger partial charge in [0.05, 0.1) is 12.1 Å². The number of H-pyrrole nitrogens is 1. The van der Waals surface area contributed by atoms with Crippen molar-refractivity contribution in [1.29, 1.82) is 0 Å². The Labute approximate surface area is 106 Å². The molecule has 1 heterocycles. The fourth-order valence-corrected chi connectivity index (χ4v) is 1.43. The van der Waals surface area contributed by atoms with E-state index in [0.29, 0.717) is 10.9 Å². The molecular formula is C10H4F5N3O2. The molecule has 0 bridgehead atoms. The Morgan fingerprint density at radius 3 is 1.95 bits per heavy atom. The van der Waals surface area contributed by atoms with Crippen molar-refractivity contribution in [2.24, 2.45) is 0 Å². The number of aromatic nitrogens is 3. The SMILES string of the molecule is O=c1cnn(Cc2c(F)c(F)c(F)c(F)c2F)c(=O)[nH]1. The van der Waals surface area contributed by atoms with Crippen LogP contribution in [0.3, 0.4) is 0 Å². The van der Waals surface area contributed by atoms with Gasteiger partial charge in [0, 0.05) is 0 Å². The van der Waals surface area contributed by atoms with Crippen LogP contribution in [0.25, 0.3) is 0 Å². The largest absolute Gasteiger partial charge is 0.345 e. The Morgan fingerprint density at radius 1 is 0.950 bits per heavy atom. The van der Waals surface area contributed by atoms with E-state index >= 15 is 0 Å². The van der Waals surface area contributed by atoms with Crippen LogP contribution in [-0.4, -0.2) is 14.8 Å². The highest BCUT2D eigenvalue weighted by Crippen LogP contribution is 2.23. The lowest BCUT2D eigenvalue weighted by molar-refractivity contribution is 0.365. The van der Waals surface area contributed by atoms with Crippen LogP contribution in [0.5, 0.6) is 0 Å². The van der Waals surface area contributed by atoms with Crippen LogP contribution in [0.1, 0.15) is 5.56 Å². The van der Waals surface area contributed by atoms with Gasteiger partial charge >= 0.3 is 5.69 Å². The van der Waals surface area contributed by atoms with Crippen molar-refractivity contribution in [3.05, 3.63) is 61.7 Å². The molecule has 0 amide bonds. The van der Waals surface area contributed by atoms with Gasteiger partial charge in [-0.2, -0.15) is 5.10 Å². The Kier molecular flexibility index (Phi) is 3.38. The number of hydrogen-bond donors (Lipinski definition) is 1. The van der Waals surface area contributed by atoms with E-state index in [1.54, 1.807) is 4.98 Å². The summed E-state index contributed by atoms with van der Waals surface area (Å²) in [4.78, 5) is 23.7. The molecule has 0 aliphatic carbocycles. The predicted molar refractivity (Wildman–Crippen MR) is 54.5 cm³/mol. The van der Waals surface area contributed by atoms with Crippen LogP contribution in [0.4, 0.5) is 22.0 Å². The Hall–Kier alpha value is -2.52. The van der Waals surface area contributed by atoms with E-state index in [2.05, 4.69) is 5.10 Å². The summed E-state index contributed by atoms with van der Waals surface area (Å²) >= 11 is 0. The molecule has 0 saturated heterocycles. The lowest BCUT2D eigenvalue weighted by Crippen LogP contribution is -2.32. The first-order chi connectivity index (χ1) is 9.32. The molecule has 1 aromatic carbocycles. The Balaban J connectivity index is 2.60. The summed E-state index contributed by atoms with van der Waals surface area (Å²) in [5.74, 6) is -10.7. The van der Waals surface area contributed by atoms with E-state index in [0.717, 1.165) is 0 Å². The number of aromatic amines is 1. The first-order valence-corrected chi connectivity index (χ1v) is 4.99. The second-order valence-electron chi connectivity index (χ2n) is 3.65. The maximum Gasteiger partial charge on any atom is 0.345 e. The van der Waals surface area contributed by atoms with Gasteiger partial charge in [-0.3, -0.25) is 9.78 Å². The van der Waals surface area contributed by atoms with Crippen LogP contribution in [0.15, 0.2) is 15.8 Å². The molecule has 2 rings (SSSR count). The summed E-state index contributed by atoms with van der Waals surface area (Å²) < 4.78 is 65.8. The molecular weight excluding hydrogens is 289 g/mol. The molecule has 0 fully saturated rings. The normalized spacial score (nSPS) is 10.8. The van der Waals surface area contributed by atoms with E-state index in [9.17, 15) is 31.5 Å². The van der Waals surface area contributed by atoms with E-state index in [4.69, 9.17) is 0 Å². The molecule has 0 unspecified atom stereocenters. The Morgan fingerprint density at radius 2 is 1.45 bits per heavy atom. The van der Waals surface area contributed by atoms with Gasteiger partial charge in [-0.05, 0) is 0 Å². The van der Waals surface area contributed by atoms with Gasteiger partial charge < -0.3 is 0 Å². The molecule has 1 N–H and O–H groups in total. The van der Waals surface area contributed by atoms with Gasteiger partial charge in [-0.1, -0.05) is 0 Å². The molecule has 5 nitrogen and oxygen atoms in total. The third-order valence-corrected chi connectivity index (χ3v) is 2.39. The molecule has 0 aliphatic heterocycles. The maximum atomic E-state index is 13.4. The second kappa shape index (κ2) is 4.87. The van der Waals surface area contributed by atoms with Crippen molar-refractivity contribution < 1.29 is 22.0 Å². The van der Waals surface area contributed by atoms with Crippen molar-refractivity contribution in [2.45, 2.75) is 6.54 Å². The molecule has 0 saturated carbocycles. The fraction of sp³-hybridized carbons (Fsp3) is 0.100. The number of nitrogens with zero attached hydrogens (tertiary/aromatic N) is 2. The predicted octanol–water partition coefficient (Wildman–Crippen LogP) is 0.675. The quantitative estimate of drug-likeness (QED) is 0.503. The summed E-state index contributed by atoms with van der Waals surface area (Å²) in [6.07, 6.45) is 0.618. The van der Waals surface area contributed by atoms with E-state index in [-0.39, 0.29) is 0 Å². The van der Waals surface area contributed by atoms with Gasteiger partial charge in [-0.25, -0.2) is 31.4 Å². The number of hydrogen-bond acceptors (Lipinski definition) is 3. The van der Waals surface area contributed by atoms with Gasteiger partial charge in [0.15, 0.2) is 23.3 Å². The highest BCUT2D eigenvalue weighted by atomic mass is 19.2. The van der Waals surface area contributed by atoms with Gasteiger partial charge in [0.2, 0.25) is 5.82 Å². The van der Waals surface area contributed by atoms with Crippen molar-refractivity contribution in [2.75, 3.05) is 0 Å². The lowest BCUT2D eigenvalue weighted by Gasteiger charge is -2.08. The standard InChI is InChI=1S/C10H4F5N3O2/c11-5-3(6(12)8(14)9(15)7(5)13)2-18-10(20)17-4(19)1-16-18/h1H,2H2,(H,17,19,20). The molecule has 0 atom stereocenters. The van der Waals surface area contributed by atoms with Crippen LogP contribution in [0.2, 0.25) is 0 Å². The van der Waals surface area contributed by atoms with Gasteiger partial charge in [0.25, 0.3) is 5.56 Å². The average Bonchev–Trinajstić information content (AvgIpc) is 2.41. The number of rotatable bonds is 2. The van der Waals surface area contributed by atoms with Gasteiger partial charge in [-0.15, -0.1) is 0 Å². The first kappa shape index (κ1) is 13.9.